The molecule has 0 aromatic carbocycles. The Morgan fingerprint density at radius 1 is 1.25 bits per heavy atom. The van der Waals surface area contributed by atoms with E-state index in [-0.39, 0.29) is 29.5 Å². The van der Waals surface area contributed by atoms with E-state index in [0.717, 1.165) is 38.5 Å². The summed E-state index contributed by atoms with van der Waals surface area (Å²) in [5.74, 6) is -0.314. The molecule has 0 aromatic heterocycles. The van der Waals surface area contributed by atoms with E-state index in [1.165, 1.54) is 0 Å². The highest BCUT2D eigenvalue weighted by Crippen LogP contribution is 2.38. The van der Waals surface area contributed by atoms with E-state index < -0.39 is 15.8 Å². The molecule has 1 aliphatic heterocycles. The highest BCUT2D eigenvalue weighted by molar-refractivity contribution is 7.91. The van der Waals surface area contributed by atoms with Crippen molar-refractivity contribution in [1.29, 1.82) is 0 Å². The van der Waals surface area contributed by atoms with Crippen LogP contribution in [-0.4, -0.2) is 54.5 Å². The Morgan fingerprint density at radius 3 is 2.45 bits per heavy atom. The first-order valence-corrected chi connectivity index (χ1v) is 9.32. The van der Waals surface area contributed by atoms with E-state index in [4.69, 9.17) is 0 Å². The van der Waals surface area contributed by atoms with Crippen molar-refractivity contribution in [3.8, 4) is 0 Å². The lowest BCUT2D eigenvalue weighted by Crippen LogP contribution is -2.56. The predicted molar refractivity (Wildman–Crippen MR) is 77.5 cm³/mol. The van der Waals surface area contributed by atoms with Crippen LogP contribution in [0.3, 0.4) is 0 Å². The molecule has 1 aliphatic carbocycles. The Balaban J connectivity index is 2.17. The second-order valence-corrected chi connectivity index (χ2v) is 8.61. The number of aliphatic carboxylic acids is 1. The van der Waals surface area contributed by atoms with Crippen LogP contribution >= 0.6 is 0 Å². The molecule has 1 saturated carbocycles. The van der Waals surface area contributed by atoms with Crippen molar-refractivity contribution in [1.82, 2.24) is 4.90 Å². The van der Waals surface area contributed by atoms with Gasteiger partial charge in [0.1, 0.15) is 0 Å². The number of nitrogens with zero attached hydrogens (tertiary/aromatic N) is 1. The van der Waals surface area contributed by atoms with E-state index in [0.29, 0.717) is 6.42 Å². The fourth-order valence-electron chi connectivity index (χ4n) is 3.84. The van der Waals surface area contributed by atoms with Crippen LogP contribution in [-0.2, 0) is 14.6 Å². The third-order valence-electron chi connectivity index (χ3n) is 5.00. The monoisotopic (exact) mass is 303 g/mol. The van der Waals surface area contributed by atoms with E-state index in [1.54, 1.807) is 0 Å². The van der Waals surface area contributed by atoms with Gasteiger partial charge in [0.25, 0.3) is 0 Å². The van der Waals surface area contributed by atoms with Crippen molar-refractivity contribution in [3.63, 3.8) is 0 Å². The summed E-state index contributed by atoms with van der Waals surface area (Å²) < 4.78 is 23.7. The molecule has 2 rings (SSSR count). The Kier molecular flexibility index (Phi) is 4.74. The van der Waals surface area contributed by atoms with Crippen molar-refractivity contribution in [3.05, 3.63) is 0 Å². The van der Waals surface area contributed by atoms with Gasteiger partial charge in [-0.15, -0.1) is 0 Å². The summed E-state index contributed by atoms with van der Waals surface area (Å²) >= 11 is 0. The zero-order chi connectivity index (χ0) is 14.8. The minimum Gasteiger partial charge on any atom is -0.481 e. The molecule has 0 bridgehead atoms. The average Bonchev–Trinajstić information content (AvgIpc) is 2.37. The second-order valence-electron chi connectivity index (χ2n) is 6.38. The van der Waals surface area contributed by atoms with Crippen LogP contribution in [0.5, 0.6) is 0 Å². The number of carboxylic acids is 1. The third kappa shape index (κ3) is 3.52. The first-order chi connectivity index (χ1) is 9.35. The molecule has 1 atom stereocenters. The highest BCUT2D eigenvalue weighted by atomic mass is 32.2. The maximum Gasteiger partial charge on any atom is 0.305 e. The van der Waals surface area contributed by atoms with Crippen molar-refractivity contribution in [2.45, 2.75) is 62.9 Å². The van der Waals surface area contributed by atoms with Crippen LogP contribution in [0.4, 0.5) is 0 Å². The topological polar surface area (TPSA) is 74.7 Å². The molecular formula is C14H25NO4S. The first-order valence-electron chi connectivity index (χ1n) is 7.50. The van der Waals surface area contributed by atoms with Gasteiger partial charge in [0.05, 0.1) is 17.9 Å². The number of hydrogen-bond acceptors (Lipinski definition) is 4. The Hall–Kier alpha value is -0.620. The van der Waals surface area contributed by atoms with Gasteiger partial charge in [-0.1, -0.05) is 19.3 Å². The Labute approximate surface area is 121 Å². The lowest BCUT2D eigenvalue weighted by Gasteiger charge is -2.48. The summed E-state index contributed by atoms with van der Waals surface area (Å²) in [7, 11) is -1.03. The Bertz CT molecular complexity index is 454. The molecule has 2 fully saturated rings. The van der Waals surface area contributed by atoms with Crippen LogP contribution < -0.4 is 0 Å². The quantitative estimate of drug-likeness (QED) is 0.855. The molecule has 1 saturated heterocycles. The fraction of sp³-hybridized carbons (Fsp3) is 0.929. The summed E-state index contributed by atoms with van der Waals surface area (Å²) in [6, 6.07) is -0.0220. The molecular weight excluding hydrogens is 278 g/mol. The molecule has 0 aromatic rings. The number of hydrogen-bond donors (Lipinski definition) is 1. The predicted octanol–water partition coefficient (Wildman–Crippen LogP) is 1.67. The zero-order valence-electron chi connectivity index (χ0n) is 12.2. The molecule has 1 unspecified atom stereocenters. The molecule has 1 heterocycles. The van der Waals surface area contributed by atoms with Gasteiger partial charge >= 0.3 is 5.97 Å². The SMILES string of the molecule is CN(C1CCCS(=O)(=O)C1)C1(CC(=O)O)CCCCC1. The highest BCUT2D eigenvalue weighted by Gasteiger charge is 2.42. The molecule has 116 valence electrons. The smallest absolute Gasteiger partial charge is 0.305 e. The van der Waals surface area contributed by atoms with E-state index in [2.05, 4.69) is 4.90 Å². The zero-order valence-corrected chi connectivity index (χ0v) is 13.0. The summed E-state index contributed by atoms with van der Waals surface area (Å²) in [5.41, 5.74) is -0.346. The standard InChI is InChI=1S/C14H25NO4S/c1-15(12-6-5-9-20(18,19)11-12)14(10-13(16)17)7-3-2-4-8-14/h12H,2-11H2,1H3,(H,16,17). The van der Waals surface area contributed by atoms with Crippen LogP contribution in [0, 0.1) is 0 Å². The van der Waals surface area contributed by atoms with Crippen molar-refractivity contribution in [2.75, 3.05) is 18.6 Å². The average molecular weight is 303 g/mol. The number of rotatable bonds is 4. The van der Waals surface area contributed by atoms with Gasteiger partial charge in [0.2, 0.25) is 0 Å². The lowest BCUT2D eigenvalue weighted by atomic mass is 9.77. The maximum atomic E-state index is 11.8. The molecule has 0 amide bonds. The first kappa shape index (κ1) is 15.8. The van der Waals surface area contributed by atoms with Crippen LogP contribution in [0.1, 0.15) is 51.4 Å². The van der Waals surface area contributed by atoms with Crippen molar-refractivity contribution < 1.29 is 18.3 Å². The molecule has 6 heteroatoms. The van der Waals surface area contributed by atoms with Gasteiger partial charge in [0, 0.05) is 11.6 Å². The third-order valence-corrected chi connectivity index (χ3v) is 6.80. The lowest BCUT2D eigenvalue weighted by molar-refractivity contribution is -0.141. The normalized spacial score (nSPS) is 29.2. The van der Waals surface area contributed by atoms with Gasteiger partial charge in [0.15, 0.2) is 9.84 Å². The number of sulfone groups is 1. The van der Waals surface area contributed by atoms with Gasteiger partial charge < -0.3 is 5.11 Å². The van der Waals surface area contributed by atoms with Crippen LogP contribution in [0.15, 0.2) is 0 Å². The number of carboxylic acid groups (broad SMARTS) is 1. The van der Waals surface area contributed by atoms with Gasteiger partial charge in [-0.25, -0.2) is 8.42 Å². The van der Waals surface area contributed by atoms with Gasteiger partial charge in [-0.3, -0.25) is 9.69 Å². The molecule has 0 spiro atoms. The Morgan fingerprint density at radius 2 is 1.90 bits per heavy atom. The minimum absolute atomic E-state index is 0.0220. The summed E-state index contributed by atoms with van der Waals surface area (Å²) in [5, 5.41) is 9.24. The molecule has 2 aliphatic rings. The van der Waals surface area contributed by atoms with Crippen molar-refractivity contribution >= 4 is 15.8 Å². The molecule has 5 nitrogen and oxygen atoms in total. The largest absolute Gasteiger partial charge is 0.481 e. The van der Waals surface area contributed by atoms with Crippen LogP contribution in [0.25, 0.3) is 0 Å². The minimum atomic E-state index is -2.96. The van der Waals surface area contributed by atoms with E-state index in [9.17, 15) is 18.3 Å². The maximum absolute atomic E-state index is 11.8. The van der Waals surface area contributed by atoms with Gasteiger partial charge in [-0.05, 0) is 32.7 Å². The number of carbonyl (C=O) groups is 1. The summed E-state index contributed by atoms with van der Waals surface area (Å²) in [4.78, 5) is 13.3. The van der Waals surface area contributed by atoms with Crippen molar-refractivity contribution in [2.24, 2.45) is 0 Å². The fourth-order valence-corrected chi connectivity index (χ4v) is 5.59. The summed E-state index contributed by atoms with van der Waals surface area (Å²) in [6.07, 6.45) is 6.64. The molecule has 20 heavy (non-hydrogen) atoms. The van der Waals surface area contributed by atoms with E-state index in [1.807, 2.05) is 7.05 Å². The molecule has 1 N–H and O–H groups in total. The summed E-state index contributed by atoms with van der Waals surface area (Å²) in [6.45, 7) is 0. The second kappa shape index (κ2) is 6.02. The molecule has 0 radical (unpaired) electrons. The van der Waals surface area contributed by atoms with E-state index >= 15 is 0 Å². The van der Waals surface area contributed by atoms with Crippen LogP contribution in [0.2, 0.25) is 0 Å². The van der Waals surface area contributed by atoms with Gasteiger partial charge in [-0.2, -0.15) is 0 Å².